The molecule has 2 heteroatoms. The number of hydrogen-bond acceptors (Lipinski definition) is 2. The van der Waals surface area contributed by atoms with E-state index >= 15 is 0 Å². The highest BCUT2D eigenvalue weighted by Crippen LogP contribution is 2.09. The van der Waals surface area contributed by atoms with Crippen molar-refractivity contribution in [1.82, 2.24) is 0 Å². The van der Waals surface area contributed by atoms with Crippen molar-refractivity contribution >= 4 is 0 Å². The Labute approximate surface area is 106 Å². The summed E-state index contributed by atoms with van der Waals surface area (Å²) in [6.45, 7) is 3.83. The van der Waals surface area contributed by atoms with E-state index in [1.807, 2.05) is 6.92 Å². The summed E-state index contributed by atoms with van der Waals surface area (Å²) < 4.78 is 0. The molecule has 2 N–H and O–H groups in total. The molecule has 0 aromatic carbocycles. The molecule has 0 saturated carbocycles. The number of aliphatic hydroxyl groups is 2. The first-order valence-electron chi connectivity index (χ1n) is 6.79. The van der Waals surface area contributed by atoms with Crippen LogP contribution < -0.4 is 0 Å². The Morgan fingerprint density at radius 3 is 2.18 bits per heavy atom. The van der Waals surface area contributed by atoms with Crippen LogP contribution in [0, 0.1) is 0 Å². The molecule has 2 atom stereocenters. The number of allylic oxidation sites excluding steroid dienone is 4. The molecule has 0 rings (SSSR count). The zero-order valence-corrected chi connectivity index (χ0v) is 11.3. The molecule has 17 heavy (non-hydrogen) atoms. The lowest BCUT2D eigenvalue weighted by Crippen LogP contribution is -2.07. The van der Waals surface area contributed by atoms with E-state index in [-0.39, 0.29) is 12.2 Å². The van der Waals surface area contributed by atoms with Gasteiger partial charge < -0.3 is 10.2 Å². The van der Waals surface area contributed by atoms with Crippen LogP contribution >= 0.6 is 0 Å². The Bertz CT molecular complexity index is 207. The predicted molar refractivity (Wildman–Crippen MR) is 74.0 cm³/mol. The van der Waals surface area contributed by atoms with Crippen LogP contribution in [-0.4, -0.2) is 22.4 Å². The molecule has 2 unspecified atom stereocenters. The fourth-order valence-corrected chi connectivity index (χ4v) is 1.68. The first-order valence-corrected chi connectivity index (χ1v) is 6.79. The molecule has 0 aliphatic carbocycles. The molecule has 0 amide bonds. The lowest BCUT2D eigenvalue weighted by molar-refractivity contribution is 0.136. The number of rotatable bonds is 10. The highest BCUT2D eigenvalue weighted by atomic mass is 16.3. The zero-order chi connectivity index (χ0) is 12.9. The third kappa shape index (κ3) is 13.3. The van der Waals surface area contributed by atoms with Gasteiger partial charge in [-0.1, -0.05) is 24.3 Å². The fraction of sp³-hybridized carbons (Fsp3) is 0.733. The topological polar surface area (TPSA) is 40.5 Å². The minimum atomic E-state index is -0.242. The summed E-state index contributed by atoms with van der Waals surface area (Å²) in [6.07, 6.45) is 14.6. The summed E-state index contributed by atoms with van der Waals surface area (Å²) in [6, 6.07) is 0. The van der Waals surface area contributed by atoms with Crippen molar-refractivity contribution in [2.45, 2.75) is 71.0 Å². The first kappa shape index (κ1) is 16.4. The van der Waals surface area contributed by atoms with Gasteiger partial charge >= 0.3 is 0 Å². The number of aliphatic hydroxyl groups excluding tert-OH is 2. The normalized spacial score (nSPS) is 15.8. The fourth-order valence-electron chi connectivity index (χ4n) is 1.68. The minimum absolute atomic E-state index is 0.214. The van der Waals surface area contributed by atoms with Gasteiger partial charge in [-0.05, 0) is 58.8 Å². The number of unbranched alkanes of at least 4 members (excludes halogenated alkanes) is 1. The van der Waals surface area contributed by atoms with E-state index in [0.29, 0.717) is 0 Å². The Morgan fingerprint density at radius 2 is 1.53 bits per heavy atom. The molecule has 0 saturated heterocycles. The van der Waals surface area contributed by atoms with Crippen molar-refractivity contribution < 1.29 is 10.2 Å². The summed E-state index contributed by atoms with van der Waals surface area (Å²) >= 11 is 0. The van der Waals surface area contributed by atoms with Gasteiger partial charge in [-0.25, -0.2) is 0 Å². The Kier molecular flexibility index (Phi) is 11.5. The Morgan fingerprint density at radius 1 is 0.882 bits per heavy atom. The van der Waals surface area contributed by atoms with Gasteiger partial charge in [0.05, 0.1) is 12.2 Å². The van der Waals surface area contributed by atoms with Gasteiger partial charge in [0, 0.05) is 0 Å². The second kappa shape index (κ2) is 11.9. The third-order valence-electron chi connectivity index (χ3n) is 2.73. The van der Waals surface area contributed by atoms with Crippen LogP contribution in [0.25, 0.3) is 0 Å². The van der Waals surface area contributed by atoms with E-state index in [0.717, 1.165) is 44.9 Å². The molecule has 100 valence electrons. The van der Waals surface area contributed by atoms with Gasteiger partial charge in [-0.15, -0.1) is 0 Å². The molecule has 0 aliphatic heterocycles. The van der Waals surface area contributed by atoms with E-state index in [9.17, 15) is 5.11 Å². The van der Waals surface area contributed by atoms with Crippen molar-refractivity contribution in [3.63, 3.8) is 0 Å². The van der Waals surface area contributed by atoms with Crippen LogP contribution in [0.2, 0.25) is 0 Å². The van der Waals surface area contributed by atoms with Crippen molar-refractivity contribution in [3.05, 3.63) is 24.3 Å². The molecule has 0 heterocycles. The molecule has 2 nitrogen and oxygen atoms in total. The Hall–Kier alpha value is -0.600. The van der Waals surface area contributed by atoms with Crippen LogP contribution in [0.1, 0.15) is 58.8 Å². The summed E-state index contributed by atoms with van der Waals surface area (Å²) in [5, 5.41) is 18.8. The molecule has 0 radical (unpaired) electrons. The zero-order valence-electron chi connectivity index (χ0n) is 11.3. The quantitative estimate of drug-likeness (QED) is 0.452. The summed E-state index contributed by atoms with van der Waals surface area (Å²) in [5.74, 6) is 0. The lowest BCUT2D eigenvalue weighted by Gasteiger charge is -2.09. The Balaban J connectivity index is 3.34. The van der Waals surface area contributed by atoms with Crippen molar-refractivity contribution in [2.24, 2.45) is 0 Å². The summed E-state index contributed by atoms with van der Waals surface area (Å²) in [5.41, 5.74) is 0. The third-order valence-corrected chi connectivity index (χ3v) is 2.73. The van der Waals surface area contributed by atoms with E-state index in [2.05, 4.69) is 24.3 Å². The lowest BCUT2D eigenvalue weighted by atomic mass is 10.1. The highest BCUT2D eigenvalue weighted by molar-refractivity contribution is 4.86. The van der Waals surface area contributed by atoms with E-state index in [4.69, 9.17) is 5.11 Å². The maximum absolute atomic E-state index is 9.68. The predicted octanol–water partition coefficient (Wildman–Crippen LogP) is 3.59. The van der Waals surface area contributed by atoms with E-state index < -0.39 is 0 Å². The monoisotopic (exact) mass is 240 g/mol. The maximum atomic E-state index is 9.68. The summed E-state index contributed by atoms with van der Waals surface area (Å²) in [7, 11) is 0. The second-order valence-electron chi connectivity index (χ2n) is 4.63. The molecule has 0 spiro atoms. The van der Waals surface area contributed by atoms with Crippen molar-refractivity contribution in [1.29, 1.82) is 0 Å². The van der Waals surface area contributed by atoms with Gasteiger partial charge in [0.1, 0.15) is 0 Å². The van der Waals surface area contributed by atoms with Crippen LogP contribution in [0.15, 0.2) is 24.3 Å². The average molecular weight is 240 g/mol. The second-order valence-corrected chi connectivity index (χ2v) is 4.63. The summed E-state index contributed by atoms with van der Waals surface area (Å²) in [4.78, 5) is 0. The molecule has 0 aromatic rings. The molecule has 0 fully saturated rings. The molecule has 0 aliphatic rings. The van der Waals surface area contributed by atoms with Gasteiger partial charge in [0.2, 0.25) is 0 Å². The van der Waals surface area contributed by atoms with Crippen molar-refractivity contribution in [3.8, 4) is 0 Å². The minimum Gasteiger partial charge on any atom is -0.393 e. The first-order chi connectivity index (χ1) is 8.16. The van der Waals surface area contributed by atoms with Gasteiger partial charge in [0.15, 0.2) is 0 Å². The maximum Gasteiger partial charge on any atom is 0.0543 e. The van der Waals surface area contributed by atoms with Crippen LogP contribution in [-0.2, 0) is 0 Å². The SMILES string of the molecule is C/C=C/CC/C=C/CCC(O)CCCC(C)O. The average Bonchev–Trinajstić information content (AvgIpc) is 2.27. The van der Waals surface area contributed by atoms with Crippen LogP contribution in [0.4, 0.5) is 0 Å². The molecule has 0 bridgehead atoms. The molecule has 0 aromatic heterocycles. The van der Waals surface area contributed by atoms with Crippen LogP contribution in [0.3, 0.4) is 0 Å². The standard InChI is InChI=1S/C15H28O2/c1-3-4-5-6-7-8-9-12-15(17)13-10-11-14(2)16/h3-4,7-8,14-17H,5-6,9-13H2,1-2H3/b4-3+,8-7+. The van der Waals surface area contributed by atoms with Gasteiger partial charge in [-0.3, -0.25) is 0 Å². The van der Waals surface area contributed by atoms with Gasteiger partial charge in [-0.2, -0.15) is 0 Å². The number of hydrogen-bond donors (Lipinski definition) is 2. The highest BCUT2D eigenvalue weighted by Gasteiger charge is 2.03. The molecular weight excluding hydrogens is 212 g/mol. The smallest absolute Gasteiger partial charge is 0.0543 e. The van der Waals surface area contributed by atoms with Gasteiger partial charge in [0.25, 0.3) is 0 Å². The van der Waals surface area contributed by atoms with E-state index in [1.54, 1.807) is 6.92 Å². The van der Waals surface area contributed by atoms with Crippen molar-refractivity contribution in [2.75, 3.05) is 0 Å². The molecular formula is C15H28O2. The van der Waals surface area contributed by atoms with Crippen LogP contribution in [0.5, 0.6) is 0 Å². The van der Waals surface area contributed by atoms with E-state index in [1.165, 1.54) is 0 Å². The largest absolute Gasteiger partial charge is 0.393 e.